The van der Waals surface area contributed by atoms with Crippen LogP contribution in [0.5, 0.6) is 0 Å². The van der Waals surface area contributed by atoms with Crippen LogP contribution in [0.4, 0.5) is 0 Å². The number of hydrogen-bond donors (Lipinski definition) is 2. The molecule has 1 aromatic heterocycles. The van der Waals surface area contributed by atoms with Crippen molar-refractivity contribution in [3.8, 4) is 0 Å². The number of carbonyl (C=O) groups is 2. The van der Waals surface area contributed by atoms with Crippen LogP contribution in [-0.2, 0) is 13.0 Å². The summed E-state index contributed by atoms with van der Waals surface area (Å²) in [6.45, 7) is 5.11. The number of nitrogens with zero attached hydrogens (tertiary/aromatic N) is 2. The summed E-state index contributed by atoms with van der Waals surface area (Å²) >= 11 is 0. The molecular weight excluding hydrogens is 352 g/mol. The maximum absolute atomic E-state index is 13.0. The SMILES string of the molecule is Cc1ccc(C(=O)N2CCc3[nH]nc(C(=O)NC4CCCCC4)c3C2)cc1C. The molecule has 0 radical (unpaired) electrons. The Kier molecular flexibility index (Phi) is 5.20. The summed E-state index contributed by atoms with van der Waals surface area (Å²) in [6.07, 6.45) is 6.35. The van der Waals surface area contributed by atoms with Gasteiger partial charge in [0.1, 0.15) is 0 Å². The molecule has 28 heavy (non-hydrogen) atoms. The molecule has 2 amide bonds. The zero-order chi connectivity index (χ0) is 19.7. The van der Waals surface area contributed by atoms with Gasteiger partial charge in [-0.2, -0.15) is 5.10 Å². The van der Waals surface area contributed by atoms with Crippen molar-refractivity contribution in [3.63, 3.8) is 0 Å². The van der Waals surface area contributed by atoms with Gasteiger partial charge in [-0.25, -0.2) is 0 Å². The Balaban J connectivity index is 1.50. The molecule has 6 nitrogen and oxygen atoms in total. The zero-order valence-electron chi connectivity index (χ0n) is 16.7. The molecule has 1 saturated carbocycles. The number of hydrogen-bond acceptors (Lipinski definition) is 3. The minimum absolute atomic E-state index is 0.00795. The fraction of sp³-hybridized carbons (Fsp3) is 0.500. The van der Waals surface area contributed by atoms with Gasteiger partial charge in [0.05, 0.1) is 6.54 Å². The van der Waals surface area contributed by atoms with E-state index in [0.717, 1.165) is 29.7 Å². The molecule has 1 aromatic carbocycles. The number of aromatic nitrogens is 2. The normalized spacial score (nSPS) is 17.3. The van der Waals surface area contributed by atoms with Gasteiger partial charge in [-0.1, -0.05) is 25.3 Å². The highest BCUT2D eigenvalue weighted by Gasteiger charge is 2.29. The highest BCUT2D eigenvalue weighted by Crippen LogP contribution is 2.24. The van der Waals surface area contributed by atoms with Gasteiger partial charge in [-0.3, -0.25) is 14.7 Å². The molecule has 148 valence electrons. The average molecular weight is 380 g/mol. The van der Waals surface area contributed by atoms with Crippen molar-refractivity contribution >= 4 is 11.8 Å². The van der Waals surface area contributed by atoms with Crippen molar-refractivity contribution in [1.82, 2.24) is 20.4 Å². The lowest BCUT2D eigenvalue weighted by Gasteiger charge is -2.28. The summed E-state index contributed by atoms with van der Waals surface area (Å²) in [5.74, 6) is -0.113. The molecule has 4 rings (SSSR count). The van der Waals surface area contributed by atoms with Crippen molar-refractivity contribution < 1.29 is 9.59 Å². The number of aromatic amines is 1. The Labute approximate surface area is 165 Å². The maximum Gasteiger partial charge on any atom is 0.272 e. The van der Waals surface area contributed by atoms with E-state index in [-0.39, 0.29) is 17.9 Å². The lowest BCUT2D eigenvalue weighted by molar-refractivity contribution is 0.0730. The lowest BCUT2D eigenvalue weighted by Crippen LogP contribution is -2.39. The van der Waals surface area contributed by atoms with Crippen LogP contribution in [0, 0.1) is 13.8 Å². The van der Waals surface area contributed by atoms with Crippen molar-refractivity contribution in [3.05, 3.63) is 51.8 Å². The molecule has 6 heteroatoms. The Bertz CT molecular complexity index is 896. The summed E-state index contributed by atoms with van der Waals surface area (Å²) in [5.41, 5.74) is 5.25. The first-order chi connectivity index (χ1) is 13.5. The fourth-order valence-electron chi connectivity index (χ4n) is 4.21. The van der Waals surface area contributed by atoms with Crippen LogP contribution in [0.3, 0.4) is 0 Å². The predicted octanol–water partition coefficient (Wildman–Crippen LogP) is 3.29. The van der Waals surface area contributed by atoms with Gasteiger partial charge in [0.15, 0.2) is 5.69 Å². The first kappa shape index (κ1) is 18.7. The van der Waals surface area contributed by atoms with Crippen molar-refractivity contribution in [2.24, 2.45) is 0 Å². The molecule has 1 fully saturated rings. The average Bonchev–Trinajstić information content (AvgIpc) is 3.13. The molecule has 0 bridgehead atoms. The van der Waals surface area contributed by atoms with E-state index in [1.165, 1.54) is 24.8 Å². The van der Waals surface area contributed by atoms with Gasteiger partial charge in [-0.15, -0.1) is 0 Å². The van der Waals surface area contributed by atoms with Gasteiger partial charge in [0.2, 0.25) is 0 Å². The number of aryl methyl sites for hydroxylation is 2. The fourth-order valence-corrected chi connectivity index (χ4v) is 4.21. The summed E-state index contributed by atoms with van der Waals surface area (Å²) in [5, 5.41) is 10.4. The number of nitrogens with one attached hydrogen (secondary N) is 2. The Hall–Kier alpha value is -2.63. The van der Waals surface area contributed by atoms with E-state index < -0.39 is 0 Å². The third-order valence-electron chi connectivity index (χ3n) is 6.13. The van der Waals surface area contributed by atoms with E-state index in [1.54, 1.807) is 0 Å². The molecule has 1 aliphatic carbocycles. The Morgan fingerprint density at radius 1 is 1.14 bits per heavy atom. The quantitative estimate of drug-likeness (QED) is 0.858. The predicted molar refractivity (Wildman–Crippen MR) is 107 cm³/mol. The highest BCUT2D eigenvalue weighted by molar-refractivity contribution is 5.96. The number of rotatable bonds is 3. The van der Waals surface area contributed by atoms with Crippen LogP contribution in [-0.4, -0.2) is 39.5 Å². The summed E-state index contributed by atoms with van der Waals surface area (Å²) < 4.78 is 0. The number of H-pyrrole nitrogens is 1. The molecule has 1 aliphatic heterocycles. The van der Waals surface area contributed by atoms with Crippen LogP contribution in [0.15, 0.2) is 18.2 Å². The minimum Gasteiger partial charge on any atom is -0.348 e. The molecule has 0 spiro atoms. The van der Waals surface area contributed by atoms with E-state index in [2.05, 4.69) is 15.5 Å². The van der Waals surface area contributed by atoms with Crippen LogP contribution >= 0.6 is 0 Å². The lowest BCUT2D eigenvalue weighted by atomic mass is 9.95. The molecule has 2 aliphatic rings. The standard InChI is InChI=1S/C22H28N4O2/c1-14-8-9-16(12-15(14)2)22(28)26-11-10-19-18(13-26)20(25-24-19)21(27)23-17-6-4-3-5-7-17/h8-9,12,17H,3-7,10-11,13H2,1-2H3,(H,23,27)(H,24,25). The van der Waals surface area contributed by atoms with Crippen molar-refractivity contribution in [2.45, 2.75) is 65.0 Å². The molecular formula is C22H28N4O2. The van der Waals surface area contributed by atoms with E-state index >= 15 is 0 Å². The monoisotopic (exact) mass is 380 g/mol. The maximum atomic E-state index is 13.0. The van der Waals surface area contributed by atoms with Crippen LogP contribution in [0.1, 0.15) is 75.3 Å². The van der Waals surface area contributed by atoms with Gasteiger partial charge >= 0.3 is 0 Å². The van der Waals surface area contributed by atoms with Gasteiger partial charge in [0, 0.05) is 35.8 Å². The topological polar surface area (TPSA) is 78.1 Å². The van der Waals surface area contributed by atoms with E-state index in [4.69, 9.17) is 0 Å². The van der Waals surface area contributed by atoms with Gasteiger partial charge < -0.3 is 10.2 Å². The summed E-state index contributed by atoms with van der Waals surface area (Å²) in [7, 11) is 0. The molecule has 0 saturated heterocycles. The van der Waals surface area contributed by atoms with E-state index in [1.807, 2.05) is 36.9 Å². The van der Waals surface area contributed by atoms with Crippen LogP contribution in [0.25, 0.3) is 0 Å². The number of benzene rings is 1. The van der Waals surface area contributed by atoms with Crippen molar-refractivity contribution in [1.29, 1.82) is 0 Å². The zero-order valence-corrected chi connectivity index (χ0v) is 16.7. The minimum atomic E-state index is -0.120. The Morgan fingerprint density at radius 2 is 1.93 bits per heavy atom. The number of fused-ring (bicyclic) bond motifs is 1. The van der Waals surface area contributed by atoms with E-state index in [0.29, 0.717) is 30.8 Å². The van der Waals surface area contributed by atoms with Crippen molar-refractivity contribution in [2.75, 3.05) is 6.54 Å². The largest absolute Gasteiger partial charge is 0.348 e. The summed E-state index contributed by atoms with van der Waals surface area (Å²) in [6, 6.07) is 6.05. The molecule has 0 atom stereocenters. The third-order valence-corrected chi connectivity index (χ3v) is 6.13. The summed E-state index contributed by atoms with van der Waals surface area (Å²) in [4.78, 5) is 27.6. The Morgan fingerprint density at radius 3 is 2.68 bits per heavy atom. The third kappa shape index (κ3) is 3.68. The van der Waals surface area contributed by atoms with Crippen LogP contribution < -0.4 is 5.32 Å². The molecule has 2 heterocycles. The molecule has 2 N–H and O–H groups in total. The molecule has 2 aromatic rings. The molecule has 0 unspecified atom stereocenters. The smallest absolute Gasteiger partial charge is 0.272 e. The second-order valence-electron chi connectivity index (χ2n) is 8.11. The first-order valence-corrected chi connectivity index (χ1v) is 10.3. The van der Waals surface area contributed by atoms with Gasteiger partial charge in [-0.05, 0) is 49.9 Å². The highest BCUT2D eigenvalue weighted by atomic mass is 16.2. The second-order valence-corrected chi connectivity index (χ2v) is 8.11. The van der Waals surface area contributed by atoms with Crippen LogP contribution in [0.2, 0.25) is 0 Å². The number of carbonyl (C=O) groups excluding carboxylic acids is 2. The van der Waals surface area contributed by atoms with E-state index in [9.17, 15) is 9.59 Å². The van der Waals surface area contributed by atoms with Gasteiger partial charge in [0.25, 0.3) is 11.8 Å². The number of amides is 2. The first-order valence-electron chi connectivity index (χ1n) is 10.3. The second kappa shape index (κ2) is 7.78.